The van der Waals surface area contributed by atoms with E-state index in [0.717, 1.165) is 23.5 Å². The maximum atomic E-state index is 8.61. The van der Waals surface area contributed by atoms with E-state index < -0.39 is 0 Å². The van der Waals surface area contributed by atoms with Crippen molar-refractivity contribution < 1.29 is 0 Å². The first-order valence-electron chi connectivity index (χ1n) is 6.19. The first kappa shape index (κ1) is 12.4. The molecule has 0 unspecified atom stereocenters. The molecule has 2 rings (SSSR count). The molecule has 0 fully saturated rings. The van der Waals surface area contributed by atoms with Gasteiger partial charge in [0.1, 0.15) is 5.82 Å². The van der Waals surface area contributed by atoms with Gasteiger partial charge in [-0.1, -0.05) is 38.1 Å². The van der Waals surface area contributed by atoms with Crippen molar-refractivity contribution >= 4 is 0 Å². The van der Waals surface area contributed by atoms with Crippen LogP contribution in [0, 0.1) is 17.2 Å². The Morgan fingerprint density at radius 1 is 1.28 bits per heavy atom. The van der Waals surface area contributed by atoms with Crippen LogP contribution in [0.5, 0.6) is 0 Å². The van der Waals surface area contributed by atoms with Gasteiger partial charge in [0.2, 0.25) is 0 Å². The van der Waals surface area contributed by atoms with Gasteiger partial charge in [0.15, 0.2) is 0 Å². The minimum absolute atomic E-state index is 0.325. The molecular formula is C15H17N3. The molecule has 0 bridgehead atoms. The summed E-state index contributed by atoms with van der Waals surface area (Å²) in [5.74, 6) is 1.39. The second-order valence-corrected chi connectivity index (χ2v) is 4.87. The minimum atomic E-state index is 0.325. The number of nitriles is 1. The van der Waals surface area contributed by atoms with Gasteiger partial charge in [-0.2, -0.15) is 5.26 Å². The van der Waals surface area contributed by atoms with Gasteiger partial charge >= 0.3 is 0 Å². The molecule has 3 heteroatoms. The van der Waals surface area contributed by atoms with Gasteiger partial charge < -0.3 is 4.98 Å². The predicted molar refractivity (Wildman–Crippen MR) is 71.9 cm³/mol. The number of rotatable bonds is 4. The van der Waals surface area contributed by atoms with Crippen molar-refractivity contribution in [3.63, 3.8) is 0 Å². The van der Waals surface area contributed by atoms with Crippen LogP contribution in [0.1, 0.15) is 25.2 Å². The Kier molecular flexibility index (Phi) is 3.78. The molecule has 0 radical (unpaired) electrons. The number of hydrogen-bond donors (Lipinski definition) is 1. The summed E-state index contributed by atoms with van der Waals surface area (Å²) in [5.41, 5.74) is 3.43. The van der Waals surface area contributed by atoms with Gasteiger partial charge in [-0.15, -0.1) is 0 Å². The molecule has 1 N–H and O–H groups in total. The van der Waals surface area contributed by atoms with Crippen LogP contribution in [0.25, 0.3) is 11.3 Å². The minimum Gasteiger partial charge on any atom is -0.341 e. The van der Waals surface area contributed by atoms with E-state index in [4.69, 9.17) is 5.26 Å². The van der Waals surface area contributed by atoms with Crippen molar-refractivity contribution in [2.45, 2.75) is 26.7 Å². The van der Waals surface area contributed by atoms with Crippen LogP contribution < -0.4 is 0 Å². The average molecular weight is 239 g/mol. The third-order valence-electron chi connectivity index (χ3n) is 2.78. The van der Waals surface area contributed by atoms with Crippen LogP contribution in [0.4, 0.5) is 0 Å². The summed E-state index contributed by atoms with van der Waals surface area (Å²) in [7, 11) is 0. The fourth-order valence-corrected chi connectivity index (χ4v) is 1.97. The zero-order valence-corrected chi connectivity index (χ0v) is 10.8. The zero-order valence-electron chi connectivity index (χ0n) is 10.8. The van der Waals surface area contributed by atoms with E-state index in [9.17, 15) is 0 Å². The van der Waals surface area contributed by atoms with E-state index in [2.05, 4.69) is 54.2 Å². The average Bonchev–Trinajstić information content (AvgIpc) is 2.78. The topological polar surface area (TPSA) is 52.5 Å². The highest BCUT2D eigenvalue weighted by Gasteiger charge is 2.03. The maximum absolute atomic E-state index is 8.61. The lowest BCUT2D eigenvalue weighted by Crippen LogP contribution is -1.93. The maximum Gasteiger partial charge on any atom is 0.120 e. The van der Waals surface area contributed by atoms with E-state index in [1.807, 2.05) is 0 Å². The van der Waals surface area contributed by atoms with E-state index in [1.165, 1.54) is 5.56 Å². The van der Waals surface area contributed by atoms with E-state index in [0.29, 0.717) is 12.3 Å². The predicted octanol–water partition coefficient (Wildman–Crippen LogP) is 3.34. The number of benzene rings is 1. The molecule has 18 heavy (non-hydrogen) atoms. The number of aromatic amines is 1. The van der Waals surface area contributed by atoms with E-state index >= 15 is 0 Å². The summed E-state index contributed by atoms with van der Waals surface area (Å²) in [6, 6.07) is 10.6. The van der Waals surface area contributed by atoms with Crippen LogP contribution in [0.2, 0.25) is 0 Å². The highest BCUT2D eigenvalue weighted by atomic mass is 14.9. The van der Waals surface area contributed by atoms with Crippen LogP contribution in [-0.2, 0) is 12.8 Å². The van der Waals surface area contributed by atoms with Gasteiger partial charge in [-0.05, 0) is 23.5 Å². The number of nitrogens with one attached hydrogen (secondary N) is 1. The molecule has 1 aromatic heterocycles. The third kappa shape index (κ3) is 2.98. The highest BCUT2D eigenvalue weighted by molar-refractivity contribution is 5.58. The summed E-state index contributed by atoms with van der Waals surface area (Å²) in [5, 5.41) is 8.61. The fraction of sp³-hybridized carbons (Fsp3) is 0.333. The van der Waals surface area contributed by atoms with Gasteiger partial charge in [-0.25, -0.2) is 4.98 Å². The lowest BCUT2D eigenvalue weighted by Gasteiger charge is -2.05. The summed E-state index contributed by atoms with van der Waals surface area (Å²) >= 11 is 0. The van der Waals surface area contributed by atoms with Gasteiger partial charge in [-0.3, -0.25) is 0 Å². The van der Waals surface area contributed by atoms with Crippen LogP contribution in [0.15, 0.2) is 30.5 Å². The second-order valence-electron chi connectivity index (χ2n) is 4.87. The van der Waals surface area contributed by atoms with Crippen molar-refractivity contribution in [1.82, 2.24) is 9.97 Å². The normalized spacial score (nSPS) is 10.6. The largest absolute Gasteiger partial charge is 0.341 e. The summed E-state index contributed by atoms with van der Waals surface area (Å²) in [4.78, 5) is 7.33. The number of hydrogen-bond acceptors (Lipinski definition) is 2. The number of H-pyrrole nitrogens is 1. The van der Waals surface area contributed by atoms with Crippen molar-refractivity contribution in [2.24, 2.45) is 5.92 Å². The Balaban J connectivity index is 2.15. The summed E-state index contributed by atoms with van der Waals surface area (Å²) in [6.45, 7) is 4.44. The smallest absolute Gasteiger partial charge is 0.120 e. The molecule has 1 heterocycles. The van der Waals surface area contributed by atoms with Gasteiger partial charge in [0, 0.05) is 0 Å². The Labute approximate surface area is 107 Å². The Bertz CT molecular complexity index is 544. The monoisotopic (exact) mass is 239 g/mol. The Hall–Kier alpha value is -2.08. The van der Waals surface area contributed by atoms with Crippen molar-refractivity contribution in [3.05, 3.63) is 41.9 Å². The lowest BCUT2D eigenvalue weighted by atomic mass is 10.0. The van der Waals surface area contributed by atoms with Crippen LogP contribution in [-0.4, -0.2) is 9.97 Å². The fourth-order valence-electron chi connectivity index (χ4n) is 1.97. The molecule has 0 saturated carbocycles. The highest BCUT2D eigenvalue weighted by Crippen LogP contribution is 2.19. The molecule has 0 amide bonds. The zero-order chi connectivity index (χ0) is 13.0. The van der Waals surface area contributed by atoms with E-state index in [1.54, 1.807) is 6.20 Å². The molecule has 3 nitrogen and oxygen atoms in total. The third-order valence-corrected chi connectivity index (χ3v) is 2.78. The molecule has 0 aliphatic rings. The van der Waals surface area contributed by atoms with Crippen molar-refractivity contribution in [1.29, 1.82) is 5.26 Å². The number of imidazole rings is 1. The Morgan fingerprint density at radius 2 is 2.00 bits per heavy atom. The lowest BCUT2D eigenvalue weighted by molar-refractivity contribution is 0.647. The SMILES string of the molecule is CC(C)Cc1ccc(-c2cnc(CC#N)[nH]2)cc1. The van der Waals surface area contributed by atoms with Gasteiger partial charge in [0.05, 0.1) is 24.4 Å². The van der Waals surface area contributed by atoms with Crippen LogP contribution >= 0.6 is 0 Å². The Morgan fingerprint density at radius 3 is 2.61 bits per heavy atom. The molecule has 0 aliphatic carbocycles. The quantitative estimate of drug-likeness (QED) is 0.889. The first-order chi connectivity index (χ1) is 8.69. The van der Waals surface area contributed by atoms with Crippen molar-refractivity contribution in [3.8, 4) is 17.3 Å². The van der Waals surface area contributed by atoms with Crippen molar-refractivity contribution in [2.75, 3.05) is 0 Å². The molecule has 0 saturated heterocycles. The standard InChI is InChI=1S/C15H17N3/c1-11(2)9-12-3-5-13(6-4-12)14-10-17-15(18-14)7-8-16/h3-6,10-11H,7,9H2,1-2H3,(H,17,18). The first-order valence-corrected chi connectivity index (χ1v) is 6.19. The molecule has 0 atom stereocenters. The molecule has 92 valence electrons. The number of aromatic nitrogens is 2. The van der Waals surface area contributed by atoms with Gasteiger partial charge in [0.25, 0.3) is 0 Å². The summed E-state index contributed by atoms with van der Waals surface area (Å²) in [6.07, 6.45) is 3.21. The molecule has 0 aliphatic heterocycles. The molecule has 0 spiro atoms. The molecular weight excluding hydrogens is 222 g/mol. The summed E-state index contributed by atoms with van der Waals surface area (Å²) < 4.78 is 0. The van der Waals surface area contributed by atoms with E-state index in [-0.39, 0.29) is 0 Å². The molecule has 1 aromatic carbocycles. The van der Waals surface area contributed by atoms with Crippen LogP contribution in [0.3, 0.4) is 0 Å². The second kappa shape index (κ2) is 5.50. The number of nitrogens with zero attached hydrogens (tertiary/aromatic N) is 2. The molecule has 2 aromatic rings.